The van der Waals surface area contributed by atoms with Gasteiger partial charge in [-0.05, 0) is 32.8 Å². The van der Waals surface area contributed by atoms with Crippen LogP contribution in [0.25, 0.3) is 0 Å². The Morgan fingerprint density at radius 3 is 2.82 bits per heavy atom. The summed E-state index contributed by atoms with van der Waals surface area (Å²) in [5.41, 5.74) is 2.24. The van der Waals surface area contributed by atoms with Crippen molar-refractivity contribution in [2.45, 2.75) is 32.7 Å². The molecule has 2 aromatic rings. The van der Waals surface area contributed by atoms with Crippen molar-refractivity contribution >= 4 is 17.5 Å². The van der Waals surface area contributed by atoms with Crippen molar-refractivity contribution in [2.75, 3.05) is 6.54 Å². The number of hydrogen-bond acceptors (Lipinski definition) is 4. The Balaban J connectivity index is 1.95. The highest BCUT2D eigenvalue weighted by Crippen LogP contribution is 2.38. The minimum absolute atomic E-state index is 0.0380. The van der Waals surface area contributed by atoms with E-state index < -0.39 is 0 Å². The van der Waals surface area contributed by atoms with E-state index in [9.17, 15) is 4.79 Å². The van der Waals surface area contributed by atoms with E-state index in [1.807, 2.05) is 18.9 Å². The third-order valence-electron chi connectivity index (χ3n) is 4.04. The number of halogens is 1. The molecule has 1 amide bonds. The first-order valence-corrected chi connectivity index (χ1v) is 7.66. The number of carbonyl (C=O) groups excluding carboxylic acids is 1. The van der Waals surface area contributed by atoms with Crippen LogP contribution in [0.15, 0.2) is 12.3 Å². The summed E-state index contributed by atoms with van der Waals surface area (Å²) in [4.78, 5) is 22.9. The highest BCUT2D eigenvalue weighted by molar-refractivity contribution is 6.30. The van der Waals surface area contributed by atoms with Crippen LogP contribution in [0.2, 0.25) is 5.15 Å². The SMILES string of the molecule is Cc1nccc(C(=O)N2CCC[C@@H]2c2c(C)nn(C)c2Cl)n1. The first kappa shape index (κ1) is 15.0. The largest absolute Gasteiger partial charge is 0.330 e. The topological polar surface area (TPSA) is 63.9 Å². The zero-order valence-corrected chi connectivity index (χ0v) is 13.6. The van der Waals surface area contributed by atoms with E-state index in [0.29, 0.717) is 23.2 Å². The van der Waals surface area contributed by atoms with E-state index in [2.05, 4.69) is 15.1 Å². The molecule has 0 radical (unpaired) electrons. The quantitative estimate of drug-likeness (QED) is 0.853. The maximum Gasteiger partial charge on any atom is 0.273 e. The lowest BCUT2D eigenvalue weighted by Gasteiger charge is -2.24. The van der Waals surface area contributed by atoms with Gasteiger partial charge in [0, 0.05) is 25.4 Å². The van der Waals surface area contributed by atoms with Crippen LogP contribution in [0.5, 0.6) is 0 Å². The Kier molecular flexibility index (Phi) is 3.87. The van der Waals surface area contributed by atoms with E-state index in [-0.39, 0.29) is 11.9 Å². The predicted octanol–water partition coefficient (Wildman–Crippen LogP) is 2.46. The number of aryl methyl sites for hydroxylation is 3. The van der Waals surface area contributed by atoms with Crippen molar-refractivity contribution in [2.24, 2.45) is 7.05 Å². The molecule has 0 aromatic carbocycles. The zero-order valence-electron chi connectivity index (χ0n) is 12.9. The second kappa shape index (κ2) is 5.68. The van der Waals surface area contributed by atoms with Crippen LogP contribution >= 0.6 is 11.6 Å². The second-order valence-electron chi connectivity index (χ2n) is 5.56. The highest BCUT2D eigenvalue weighted by Gasteiger charge is 2.35. The zero-order chi connectivity index (χ0) is 15.9. The van der Waals surface area contributed by atoms with Crippen molar-refractivity contribution in [3.8, 4) is 0 Å². The average molecular weight is 320 g/mol. The smallest absolute Gasteiger partial charge is 0.273 e. The Bertz CT molecular complexity index is 727. The Hall–Kier alpha value is -1.95. The summed E-state index contributed by atoms with van der Waals surface area (Å²) in [6.07, 6.45) is 3.45. The molecule has 22 heavy (non-hydrogen) atoms. The van der Waals surface area contributed by atoms with E-state index in [1.165, 1.54) is 0 Å². The molecule has 0 aliphatic carbocycles. The fourth-order valence-corrected chi connectivity index (χ4v) is 3.36. The third-order valence-corrected chi connectivity index (χ3v) is 4.49. The molecule has 0 N–H and O–H groups in total. The van der Waals surface area contributed by atoms with Gasteiger partial charge in [-0.1, -0.05) is 11.6 Å². The number of likely N-dealkylation sites (tertiary alicyclic amines) is 1. The minimum Gasteiger partial charge on any atom is -0.330 e. The molecule has 0 spiro atoms. The van der Waals surface area contributed by atoms with Gasteiger partial charge in [-0.2, -0.15) is 5.10 Å². The van der Waals surface area contributed by atoms with E-state index in [4.69, 9.17) is 11.6 Å². The molecule has 3 rings (SSSR count). The van der Waals surface area contributed by atoms with Gasteiger partial charge in [-0.25, -0.2) is 9.97 Å². The van der Waals surface area contributed by atoms with E-state index >= 15 is 0 Å². The predicted molar refractivity (Wildman–Crippen MR) is 82.7 cm³/mol. The van der Waals surface area contributed by atoms with Gasteiger partial charge in [0.05, 0.1) is 11.7 Å². The van der Waals surface area contributed by atoms with Gasteiger partial charge in [0.2, 0.25) is 0 Å². The fraction of sp³-hybridized carbons (Fsp3) is 0.467. The van der Waals surface area contributed by atoms with Gasteiger partial charge in [-0.15, -0.1) is 0 Å². The molecular formula is C15H18ClN5O. The van der Waals surface area contributed by atoms with Crippen LogP contribution in [0.3, 0.4) is 0 Å². The summed E-state index contributed by atoms with van der Waals surface area (Å²) < 4.78 is 1.65. The van der Waals surface area contributed by atoms with Gasteiger partial charge < -0.3 is 4.90 Å². The number of rotatable bonds is 2. The summed E-state index contributed by atoms with van der Waals surface area (Å²) in [6, 6.07) is 1.62. The summed E-state index contributed by atoms with van der Waals surface area (Å²) in [7, 11) is 1.81. The van der Waals surface area contributed by atoms with E-state index in [1.54, 1.807) is 23.9 Å². The first-order valence-electron chi connectivity index (χ1n) is 7.28. The Labute approximate surface area is 134 Å². The molecule has 1 fully saturated rings. The Morgan fingerprint density at radius 1 is 1.41 bits per heavy atom. The van der Waals surface area contributed by atoms with Gasteiger partial charge in [-0.3, -0.25) is 9.48 Å². The van der Waals surface area contributed by atoms with Crippen molar-refractivity contribution in [3.63, 3.8) is 0 Å². The van der Waals surface area contributed by atoms with Gasteiger partial charge >= 0.3 is 0 Å². The van der Waals surface area contributed by atoms with Gasteiger partial charge in [0.1, 0.15) is 16.7 Å². The Morgan fingerprint density at radius 2 is 2.18 bits per heavy atom. The molecule has 1 saturated heterocycles. The molecule has 116 valence electrons. The standard InChI is InChI=1S/C15H18ClN5O/c1-9-13(14(16)20(3)19-9)12-5-4-8-21(12)15(22)11-6-7-17-10(2)18-11/h6-7,12H,4-5,8H2,1-3H3/t12-/m1/s1. The molecule has 1 atom stereocenters. The van der Waals surface area contributed by atoms with Crippen LogP contribution in [0, 0.1) is 13.8 Å². The van der Waals surface area contributed by atoms with Crippen LogP contribution < -0.4 is 0 Å². The van der Waals surface area contributed by atoms with Crippen LogP contribution in [0.1, 0.15) is 46.5 Å². The van der Waals surface area contributed by atoms with Crippen LogP contribution in [0.4, 0.5) is 0 Å². The lowest BCUT2D eigenvalue weighted by atomic mass is 10.1. The summed E-state index contributed by atoms with van der Waals surface area (Å²) >= 11 is 6.37. The normalized spacial score (nSPS) is 18.0. The molecular weight excluding hydrogens is 302 g/mol. The van der Waals surface area contributed by atoms with Gasteiger partial charge in [0.15, 0.2) is 0 Å². The molecule has 1 aliphatic heterocycles. The monoisotopic (exact) mass is 319 g/mol. The minimum atomic E-state index is -0.0766. The number of nitrogens with zero attached hydrogens (tertiary/aromatic N) is 5. The van der Waals surface area contributed by atoms with Crippen molar-refractivity contribution in [1.82, 2.24) is 24.6 Å². The maximum atomic E-state index is 12.8. The first-order chi connectivity index (χ1) is 10.5. The maximum absolute atomic E-state index is 12.8. The lowest BCUT2D eigenvalue weighted by Crippen LogP contribution is -2.31. The van der Waals surface area contributed by atoms with Crippen molar-refractivity contribution in [3.05, 3.63) is 40.2 Å². The second-order valence-corrected chi connectivity index (χ2v) is 5.92. The molecule has 6 nitrogen and oxygen atoms in total. The molecule has 3 heterocycles. The molecule has 0 unspecified atom stereocenters. The van der Waals surface area contributed by atoms with E-state index in [0.717, 1.165) is 24.1 Å². The fourth-order valence-electron chi connectivity index (χ4n) is 3.06. The molecule has 0 saturated carbocycles. The van der Waals surface area contributed by atoms with Crippen LogP contribution in [-0.2, 0) is 7.05 Å². The van der Waals surface area contributed by atoms with Gasteiger partial charge in [0.25, 0.3) is 5.91 Å². The third kappa shape index (κ3) is 2.47. The van der Waals surface area contributed by atoms with Crippen molar-refractivity contribution < 1.29 is 4.79 Å². The summed E-state index contributed by atoms with van der Waals surface area (Å²) in [5, 5.41) is 4.96. The number of hydrogen-bond donors (Lipinski definition) is 0. The van der Waals surface area contributed by atoms with Crippen molar-refractivity contribution in [1.29, 1.82) is 0 Å². The molecule has 0 bridgehead atoms. The lowest BCUT2D eigenvalue weighted by molar-refractivity contribution is 0.0729. The average Bonchev–Trinajstić information content (AvgIpc) is 3.04. The summed E-state index contributed by atoms with van der Waals surface area (Å²) in [5.74, 6) is 0.518. The number of amides is 1. The molecule has 7 heteroatoms. The molecule has 1 aliphatic rings. The number of aromatic nitrogens is 4. The molecule has 2 aromatic heterocycles. The highest BCUT2D eigenvalue weighted by atomic mass is 35.5. The summed E-state index contributed by atoms with van der Waals surface area (Å²) in [6.45, 7) is 4.41. The van der Waals surface area contributed by atoms with Crippen LogP contribution in [-0.4, -0.2) is 37.1 Å². The number of carbonyl (C=O) groups is 1.